The van der Waals surface area contributed by atoms with E-state index in [-0.39, 0.29) is 11.8 Å². The van der Waals surface area contributed by atoms with Gasteiger partial charge >= 0.3 is 0 Å². The number of nitrogens with zero attached hydrogens (tertiary/aromatic N) is 4. The molecule has 0 saturated carbocycles. The van der Waals surface area contributed by atoms with Crippen LogP contribution in [0.4, 0.5) is 8.78 Å². The van der Waals surface area contributed by atoms with Crippen LogP contribution in [-0.2, 0) is 6.54 Å². The normalized spacial score (nSPS) is 11.2. The first kappa shape index (κ1) is 19.7. The van der Waals surface area contributed by atoms with Crippen molar-refractivity contribution >= 4 is 16.8 Å². The van der Waals surface area contributed by atoms with E-state index in [0.717, 1.165) is 12.0 Å². The highest BCUT2D eigenvalue weighted by molar-refractivity contribution is 6.04. The quantitative estimate of drug-likeness (QED) is 0.641. The molecule has 0 aliphatic carbocycles. The van der Waals surface area contributed by atoms with Crippen LogP contribution >= 0.6 is 0 Å². The zero-order valence-electron chi connectivity index (χ0n) is 15.7. The second-order valence-corrected chi connectivity index (χ2v) is 6.34. The van der Waals surface area contributed by atoms with E-state index in [1.165, 1.54) is 0 Å². The summed E-state index contributed by atoms with van der Waals surface area (Å²) >= 11 is 0. The Balaban J connectivity index is 1.79. The van der Waals surface area contributed by atoms with Crippen molar-refractivity contribution in [1.29, 1.82) is 0 Å². The Hall–Kier alpha value is -3.10. The number of aromatic nitrogens is 4. The van der Waals surface area contributed by atoms with Crippen LogP contribution < -0.4 is 10.1 Å². The number of pyridine rings is 2. The van der Waals surface area contributed by atoms with Gasteiger partial charge in [-0.15, -0.1) is 0 Å². The zero-order valence-corrected chi connectivity index (χ0v) is 15.7. The number of aryl methyl sites for hydroxylation is 1. The van der Waals surface area contributed by atoms with E-state index < -0.39 is 13.0 Å². The Labute approximate surface area is 160 Å². The highest BCUT2D eigenvalue weighted by Gasteiger charge is 2.14. The zero-order chi connectivity index (χ0) is 20.1. The Morgan fingerprint density at radius 1 is 1.36 bits per heavy atom. The van der Waals surface area contributed by atoms with Gasteiger partial charge in [-0.05, 0) is 31.0 Å². The van der Waals surface area contributed by atoms with Crippen LogP contribution in [0.5, 0.6) is 5.88 Å². The molecule has 148 valence electrons. The number of halogens is 2. The first-order valence-corrected chi connectivity index (χ1v) is 8.94. The lowest BCUT2D eigenvalue weighted by atomic mass is 10.2. The third-order valence-corrected chi connectivity index (χ3v) is 4.01. The van der Waals surface area contributed by atoms with Crippen molar-refractivity contribution in [3.05, 3.63) is 47.5 Å². The Bertz CT molecular complexity index is 974. The Morgan fingerprint density at radius 2 is 2.18 bits per heavy atom. The monoisotopic (exact) mass is 389 g/mol. The van der Waals surface area contributed by atoms with Crippen LogP contribution in [0.3, 0.4) is 0 Å². The molecule has 3 aromatic rings. The van der Waals surface area contributed by atoms with Crippen molar-refractivity contribution in [2.75, 3.05) is 13.2 Å². The third kappa shape index (κ3) is 4.59. The van der Waals surface area contributed by atoms with Crippen molar-refractivity contribution in [1.82, 2.24) is 25.1 Å². The van der Waals surface area contributed by atoms with E-state index in [4.69, 9.17) is 4.74 Å². The van der Waals surface area contributed by atoms with E-state index in [9.17, 15) is 13.6 Å². The first-order chi connectivity index (χ1) is 13.5. The van der Waals surface area contributed by atoms with Crippen LogP contribution in [0.25, 0.3) is 10.9 Å². The molecule has 0 aliphatic rings. The van der Waals surface area contributed by atoms with E-state index in [0.29, 0.717) is 35.2 Å². The molecule has 0 aromatic carbocycles. The maximum Gasteiger partial charge on any atom is 0.272 e. The molecule has 0 fully saturated rings. The molecule has 3 rings (SSSR count). The van der Waals surface area contributed by atoms with Gasteiger partial charge in [0.05, 0.1) is 17.4 Å². The minimum atomic E-state index is -2.55. The topological polar surface area (TPSA) is 81.9 Å². The number of ether oxygens (including phenoxy) is 1. The van der Waals surface area contributed by atoms with Gasteiger partial charge in [0.2, 0.25) is 5.88 Å². The van der Waals surface area contributed by atoms with Gasteiger partial charge in [-0.25, -0.2) is 13.8 Å². The summed E-state index contributed by atoms with van der Waals surface area (Å²) in [4.78, 5) is 20.6. The summed E-state index contributed by atoms with van der Waals surface area (Å²) in [6.07, 6.45) is 3.17. The fourth-order valence-corrected chi connectivity index (χ4v) is 2.76. The molecule has 1 N–H and O–H groups in total. The number of hydrogen-bond acceptors (Lipinski definition) is 5. The van der Waals surface area contributed by atoms with Crippen molar-refractivity contribution in [2.45, 2.75) is 33.2 Å². The maximum absolute atomic E-state index is 12.3. The van der Waals surface area contributed by atoms with Gasteiger partial charge in [-0.1, -0.05) is 6.92 Å². The van der Waals surface area contributed by atoms with Gasteiger partial charge in [0.25, 0.3) is 12.3 Å². The lowest BCUT2D eigenvalue weighted by molar-refractivity contribution is 0.0792. The summed E-state index contributed by atoms with van der Waals surface area (Å²) in [5, 5.41) is 7.96. The summed E-state index contributed by atoms with van der Waals surface area (Å²) in [7, 11) is 0. The van der Waals surface area contributed by atoms with Crippen molar-refractivity contribution in [3.63, 3.8) is 0 Å². The van der Waals surface area contributed by atoms with E-state index in [2.05, 4.69) is 20.4 Å². The van der Waals surface area contributed by atoms with Gasteiger partial charge in [0, 0.05) is 30.7 Å². The molecule has 0 saturated heterocycles. The summed E-state index contributed by atoms with van der Waals surface area (Å²) in [5.74, 6) is -0.0428. The number of hydrogen-bond donors (Lipinski definition) is 1. The van der Waals surface area contributed by atoms with E-state index >= 15 is 0 Å². The van der Waals surface area contributed by atoms with Gasteiger partial charge in [-0.2, -0.15) is 5.10 Å². The largest absolute Gasteiger partial charge is 0.471 e. The van der Waals surface area contributed by atoms with Crippen LogP contribution in [-0.4, -0.2) is 45.2 Å². The Kier molecular flexibility index (Phi) is 6.13. The van der Waals surface area contributed by atoms with Crippen LogP contribution in [0, 0.1) is 6.92 Å². The fraction of sp³-hybridized carbons (Fsp3) is 0.368. The number of amides is 1. The molecule has 3 heterocycles. The summed E-state index contributed by atoms with van der Waals surface area (Å²) < 4.78 is 31.2. The first-order valence-electron chi connectivity index (χ1n) is 8.94. The number of carbonyl (C=O) groups is 1. The predicted molar refractivity (Wildman–Crippen MR) is 99.7 cm³/mol. The van der Waals surface area contributed by atoms with Crippen LogP contribution in [0.1, 0.15) is 35.0 Å². The standard InChI is InChI=1S/C19H21F2N5O2/c1-3-5-23-18(27)17-14-10-26(25-15(14)4-6-22-17)9-13-7-12(2)19(24-8-13)28-11-16(20)21/h4,6-8,10,16H,3,5,9,11H2,1-2H3,(H,23,27). The second-order valence-electron chi connectivity index (χ2n) is 6.34. The summed E-state index contributed by atoms with van der Waals surface area (Å²) in [6, 6.07) is 3.56. The fourth-order valence-electron chi connectivity index (χ4n) is 2.76. The number of fused-ring (bicyclic) bond motifs is 1. The molecule has 1 amide bonds. The molecular formula is C19H21F2N5O2. The minimum absolute atomic E-state index is 0.189. The second kappa shape index (κ2) is 8.73. The van der Waals surface area contributed by atoms with Crippen LogP contribution in [0.15, 0.2) is 30.7 Å². The van der Waals surface area contributed by atoms with Crippen LogP contribution in [0.2, 0.25) is 0 Å². The van der Waals surface area contributed by atoms with E-state index in [1.54, 1.807) is 36.3 Å². The molecule has 0 bridgehead atoms. The maximum atomic E-state index is 12.3. The number of carbonyl (C=O) groups excluding carboxylic acids is 1. The molecule has 0 atom stereocenters. The molecular weight excluding hydrogens is 368 g/mol. The minimum Gasteiger partial charge on any atom is -0.471 e. The van der Waals surface area contributed by atoms with Gasteiger partial charge in [0.15, 0.2) is 6.61 Å². The van der Waals surface area contributed by atoms with Gasteiger partial charge in [-0.3, -0.25) is 14.5 Å². The number of alkyl halides is 2. The predicted octanol–water partition coefficient (Wildman–Crippen LogP) is 2.97. The molecule has 3 aromatic heterocycles. The SMILES string of the molecule is CCCNC(=O)c1nccc2nn(Cc3cnc(OCC(F)F)c(C)c3)cc12. The third-order valence-electron chi connectivity index (χ3n) is 4.01. The van der Waals surface area contributed by atoms with E-state index in [1.807, 2.05) is 13.0 Å². The lowest BCUT2D eigenvalue weighted by Crippen LogP contribution is -2.25. The molecule has 0 radical (unpaired) electrons. The summed E-state index contributed by atoms with van der Waals surface area (Å²) in [6.45, 7) is 4.03. The molecule has 0 unspecified atom stereocenters. The van der Waals surface area contributed by atoms with Crippen molar-refractivity contribution < 1.29 is 18.3 Å². The molecule has 7 nitrogen and oxygen atoms in total. The number of nitrogens with one attached hydrogen (secondary N) is 1. The molecule has 9 heteroatoms. The Morgan fingerprint density at radius 3 is 2.89 bits per heavy atom. The lowest BCUT2D eigenvalue weighted by Gasteiger charge is -2.09. The number of rotatable bonds is 8. The average Bonchev–Trinajstić information content (AvgIpc) is 3.07. The van der Waals surface area contributed by atoms with Gasteiger partial charge in [0.1, 0.15) is 5.69 Å². The average molecular weight is 389 g/mol. The molecule has 0 spiro atoms. The summed E-state index contributed by atoms with van der Waals surface area (Å²) in [5.41, 5.74) is 2.50. The highest BCUT2D eigenvalue weighted by Crippen LogP contribution is 2.19. The van der Waals surface area contributed by atoms with Crippen molar-refractivity contribution in [3.8, 4) is 5.88 Å². The van der Waals surface area contributed by atoms with Crippen molar-refractivity contribution in [2.24, 2.45) is 0 Å². The smallest absolute Gasteiger partial charge is 0.272 e. The van der Waals surface area contributed by atoms with Gasteiger partial charge < -0.3 is 10.1 Å². The molecule has 28 heavy (non-hydrogen) atoms. The highest BCUT2D eigenvalue weighted by atomic mass is 19.3. The molecule has 0 aliphatic heterocycles.